The Kier molecular flexibility index (Phi) is 3.61. The van der Waals surface area contributed by atoms with Gasteiger partial charge in [0.2, 0.25) is 0 Å². The van der Waals surface area contributed by atoms with E-state index >= 15 is 0 Å². The van der Waals surface area contributed by atoms with Crippen molar-refractivity contribution in [3.63, 3.8) is 0 Å². The summed E-state index contributed by atoms with van der Waals surface area (Å²) in [5, 5.41) is 2.24. The van der Waals surface area contributed by atoms with Gasteiger partial charge in [-0.2, -0.15) is 0 Å². The Bertz CT molecular complexity index is 845. The van der Waals surface area contributed by atoms with Crippen molar-refractivity contribution in [2.75, 3.05) is 7.11 Å². The topological polar surface area (TPSA) is 52.1 Å². The van der Waals surface area contributed by atoms with Crippen LogP contribution < -0.4 is 0 Å². The number of methoxy groups -OCH3 is 1. The maximum Gasteiger partial charge on any atom is 0.349 e. The number of thiazole rings is 1. The first kappa shape index (κ1) is 14.0. The lowest BCUT2D eigenvalue weighted by Gasteiger charge is -2.04. The number of carbonyl (C=O) groups is 1. The van der Waals surface area contributed by atoms with Crippen LogP contribution in [0.15, 0.2) is 30.5 Å². The first-order valence-corrected chi connectivity index (χ1v) is 7.40. The Labute approximate surface area is 130 Å². The maximum atomic E-state index is 11.7. The minimum Gasteiger partial charge on any atom is -0.465 e. The van der Waals surface area contributed by atoms with E-state index < -0.39 is 0 Å². The lowest BCUT2D eigenvalue weighted by molar-refractivity contribution is 0.0605. The van der Waals surface area contributed by atoms with Crippen LogP contribution in [-0.2, 0) is 4.74 Å². The standard InChI is InChI=1S/C15H11ClN2O2S/c1-8-13(15(19)20-2)21-14(18-8)10-5-6-11(16)9-4-3-7-17-12(9)10/h3-7H,1-2H3. The molecule has 3 rings (SSSR count). The number of pyridine rings is 1. The number of aryl methyl sites for hydroxylation is 1. The molecule has 0 radical (unpaired) electrons. The van der Waals surface area contributed by atoms with Crippen molar-refractivity contribution in [1.29, 1.82) is 0 Å². The Morgan fingerprint density at radius 3 is 2.90 bits per heavy atom. The molecule has 0 atom stereocenters. The molecular formula is C15H11ClN2O2S. The van der Waals surface area contributed by atoms with Crippen molar-refractivity contribution in [2.45, 2.75) is 6.92 Å². The van der Waals surface area contributed by atoms with Crippen LogP contribution in [0.5, 0.6) is 0 Å². The molecule has 2 aromatic heterocycles. The van der Waals surface area contributed by atoms with E-state index in [4.69, 9.17) is 16.3 Å². The molecule has 0 aliphatic carbocycles. The molecule has 106 valence electrons. The second kappa shape index (κ2) is 5.42. The Balaban J connectivity index is 2.22. The Morgan fingerprint density at radius 2 is 2.14 bits per heavy atom. The fourth-order valence-corrected chi connectivity index (χ4v) is 3.33. The number of rotatable bonds is 2. The molecule has 0 amide bonds. The van der Waals surface area contributed by atoms with Crippen LogP contribution >= 0.6 is 22.9 Å². The van der Waals surface area contributed by atoms with Crippen LogP contribution in [0.25, 0.3) is 21.5 Å². The van der Waals surface area contributed by atoms with Gasteiger partial charge in [0, 0.05) is 17.1 Å². The van der Waals surface area contributed by atoms with Crippen molar-refractivity contribution in [3.8, 4) is 10.6 Å². The quantitative estimate of drug-likeness (QED) is 0.667. The molecule has 0 unspecified atom stereocenters. The molecule has 0 aliphatic heterocycles. The van der Waals surface area contributed by atoms with Gasteiger partial charge < -0.3 is 4.74 Å². The van der Waals surface area contributed by atoms with Gasteiger partial charge in [-0.05, 0) is 31.2 Å². The van der Waals surface area contributed by atoms with Gasteiger partial charge in [0.25, 0.3) is 0 Å². The molecule has 6 heteroatoms. The van der Waals surface area contributed by atoms with Gasteiger partial charge in [-0.1, -0.05) is 11.6 Å². The van der Waals surface area contributed by atoms with Crippen molar-refractivity contribution in [3.05, 3.63) is 46.1 Å². The first-order valence-electron chi connectivity index (χ1n) is 6.21. The number of fused-ring (bicyclic) bond motifs is 1. The lowest BCUT2D eigenvalue weighted by Crippen LogP contribution is -1.99. The van der Waals surface area contributed by atoms with Crippen LogP contribution in [0, 0.1) is 6.92 Å². The third-order valence-corrected chi connectivity index (χ3v) is 4.61. The van der Waals surface area contributed by atoms with Crippen LogP contribution in [0.3, 0.4) is 0 Å². The zero-order valence-corrected chi connectivity index (χ0v) is 13.0. The molecule has 21 heavy (non-hydrogen) atoms. The number of benzene rings is 1. The van der Waals surface area contributed by atoms with Crippen LogP contribution in [0.1, 0.15) is 15.4 Å². The minimum atomic E-state index is -0.373. The molecule has 4 nitrogen and oxygen atoms in total. The maximum absolute atomic E-state index is 11.7. The number of hydrogen-bond acceptors (Lipinski definition) is 5. The highest BCUT2D eigenvalue weighted by Crippen LogP contribution is 2.35. The summed E-state index contributed by atoms with van der Waals surface area (Å²) in [6.45, 7) is 1.79. The third kappa shape index (κ3) is 2.39. The summed E-state index contributed by atoms with van der Waals surface area (Å²) in [6, 6.07) is 7.44. The number of hydrogen-bond donors (Lipinski definition) is 0. The lowest BCUT2D eigenvalue weighted by atomic mass is 10.1. The summed E-state index contributed by atoms with van der Waals surface area (Å²) < 4.78 is 4.77. The molecule has 0 aliphatic rings. The molecule has 0 saturated heterocycles. The number of halogens is 1. The van der Waals surface area contributed by atoms with Crippen molar-refractivity contribution < 1.29 is 9.53 Å². The van der Waals surface area contributed by atoms with E-state index in [1.165, 1.54) is 18.4 Å². The smallest absolute Gasteiger partial charge is 0.349 e. The monoisotopic (exact) mass is 318 g/mol. The van der Waals surface area contributed by atoms with Gasteiger partial charge >= 0.3 is 5.97 Å². The summed E-state index contributed by atoms with van der Waals surface area (Å²) in [6.07, 6.45) is 1.71. The number of nitrogens with zero attached hydrogens (tertiary/aromatic N) is 2. The van der Waals surface area contributed by atoms with E-state index in [-0.39, 0.29) is 5.97 Å². The summed E-state index contributed by atoms with van der Waals surface area (Å²) in [5.41, 5.74) is 2.29. The molecule has 2 heterocycles. The number of aromatic nitrogens is 2. The molecule has 0 saturated carbocycles. The fourth-order valence-electron chi connectivity index (χ4n) is 2.10. The fraction of sp³-hybridized carbons (Fsp3) is 0.133. The molecule has 0 spiro atoms. The number of ether oxygens (including phenoxy) is 1. The van der Waals surface area contributed by atoms with Crippen molar-refractivity contribution >= 4 is 39.8 Å². The van der Waals surface area contributed by atoms with E-state index in [1.807, 2.05) is 24.3 Å². The Morgan fingerprint density at radius 1 is 1.33 bits per heavy atom. The molecule has 1 aromatic carbocycles. The van der Waals surface area contributed by atoms with E-state index in [2.05, 4.69) is 9.97 Å². The van der Waals surface area contributed by atoms with E-state index in [0.717, 1.165) is 21.5 Å². The van der Waals surface area contributed by atoms with Gasteiger partial charge in [0.05, 0.1) is 23.3 Å². The highest BCUT2D eigenvalue weighted by Gasteiger charge is 2.18. The molecular weight excluding hydrogens is 308 g/mol. The summed E-state index contributed by atoms with van der Waals surface area (Å²) >= 11 is 7.49. The van der Waals surface area contributed by atoms with Gasteiger partial charge in [-0.15, -0.1) is 11.3 Å². The van der Waals surface area contributed by atoms with Crippen molar-refractivity contribution in [2.24, 2.45) is 0 Å². The normalized spacial score (nSPS) is 10.8. The number of carbonyl (C=O) groups excluding carboxylic acids is 1. The van der Waals surface area contributed by atoms with E-state index in [1.54, 1.807) is 13.1 Å². The van der Waals surface area contributed by atoms with E-state index in [9.17, 15) is 4.79 Å². The zero-order valence-electron chi connectivity index (χ0n) is 11.4. The van der Waals surface area contributed by atoms with Crippen LogP contribution in [-0.4, -0.2) is 23.0 Å². The SMILES string of the molecule is COC(=O)c1sc(-c2ccc(Cl)c3cccnc23)nc1C. The number of esters is 1. The van der Waals surface area contributed by atoms with Gasteiger partial charge in [-0.25, -0.2) is 9.78 Å². The first-order chi connectivity index (χ1) is 10.1. The highest BCUT2D eigenvalue weighted by atomic mass is 35.5. The predicted octanol–water partition coefficient (Wildman–Crippen LogP) is 4.11. The largest absolute Gasteiger partial charge is 0.465 e. The molecule has 0 N–H and O–H groups in total. The summed E-state index contributed by atoms with van der Waals surface area (Å²) in [4.78, 5) is 21.1. The average molecular weight is 319 g/mol. The summed E-state index contributed by atoms with van der Waals surface area (Å²) in [5.74, 6) is -0.373. The van der Waals surface area contributed by atoms with Gasteiger partial charge in [0.1, 0.15) is 9.88 Å². The molecule has 3 aromatic rings. The Hall–Kier alpha value is -1.98. The zero-order chi connectivity index (χ0) is 15.0. The summed E-state index contributed by atoms with van der Waals surface area (Å²) in [7, 11) is 1.36. The average Bonchev–Trinajstić information content (AvgIpc) is 2.89. The predicted molar refractivity (Wildman–Crippen MR) is 83.9 cm³/mol. The highest BCUT2D eigenvalue weighted by molar-refractivity contribution is 7.17. The van der Waals surface area contributed by atoms with Crippen LogP contribution in [0.2, 0.25) is 5.02 Å². The van der Waals surface area contributed by atoms with Crippen LogP contribution in [0.4, 0.5) is 0 Å². The second-order valence-electron chi connectivity index (χ2n) is 4.42. The van der Waals surface area contributed by atoms with Gasteiger partial charge in [0.15, 0.2) is 0 Å². The molecule has 0 fully saturated rings. The van der Waals surface area contributed by atoms with E-state index in [0.29, 0.717) is 15.6 Å². The third-order valence-electron chi connectivity index (χ3n) is 3.11. The minimum absolute atomic E-state index is 0.373. The second-order valence-corrected chi connectivity index (χ2v) is 5.83. The van der Waals surface area contributed by atoms with Gasteiger partial charge in [-0.3, -0.25) is 4.98 Å². The van der Waals surface area contributed by atoms with Crippen molar-refractivity contribution in [1.82, 2.24) is 9.97 Å². The molecule has 0 bridgehead atoms.